The smallest absolute Gasteiger partial charge is 0.311 e. The monoisotopic (exact) mass is 229 g/mol. The van der Waals surface area contributed by atoms with Crippen LogP contribution in [0.3, 0.4) is 0 Å². The number of aromatic nitrogens is 1. The Balaban J connectivity index is 2.55. The second kappa shape index (κ2) is 5.17. The fourth-order valence-electron chi connectivity index (χ4n) is 0.911. The highest BCUT2D eigenvalue weighted by molar-refractivity contribution is 7.82. The lowest BCUT2D eigenvalue weighted by atomic mass is 10.3. The molecule has 5 heteroatoms. The highest BCUT2D eigenvalue weighted by Gasteiger charge is 2.10. The summed E-state index contributed by atoms with van der Waals surface area (Å²) in [5.41, 5.74) is 0.843. The van der Waals surface area contributed by atoms with Crippen molar-refractivity contribution in [3.63, 3.8) is 0 Å². The van der Waals surface area contributed by atoms with Crippen molar-refractivity contribution in [2.75, 3.05) is 6.61 Å². The van der Waals surface area contributed by atoms with Crippen LogP contribution in [0.2, 0.25) is 0 Å². The van der Waals surface area contributed by atoms with E-state index in [1.165, 1.54) is 11.3 Å². The molecule has 0 N–H and O–H groups in total. The van der Waals surface area contributed by atoms with Crippen LogP contribution >= 0.6 is 24.0 Å². The maximum absolute atomic E-state index is 11.2. The topological polar surface area (TPSA) is 39.2 Å². The molecule has 0 aliphatic rings. The molecular formula is C9H11NO2S2. The van der Waals surface area contributed by atoms with Gasteiger partial charge < -0.3 is 4.74 Å². The molecule has 76 valence electrons. The molecule has 0 fully saturated rings. The zero-order valence-electron chi connectivity index (χ0n) is 7.82. The van der Waals surface area contributed by atoms with Gasteiger partial charge in [-0.3, -0.25) is 4.79 Å². The van der Waals surface area contributed by atoms with Gasteiger partial charge in [0, 0.05) is 4.88 Å². The maximum atomic E-state index is 11.2. The second-order valence-electron chi connectivity index (χ2n) is 2.65. The lowest BCUT2D eigenvalue weighted by Gasteiger charge is -1.99. The van der Waals surface area contributed by atoms with E-state index in [2.05, 4.69) is 24.2 Å². The van der Waals surface area contributed by atoms with Gasteiger partial charge >= 0.3 is 5.97 Å². The summed E-state index contributed by atoms with van der Waals surface area (Å²) in [5, 5.41) is 0. The highest BCUT2D eigenvalue weighted by atomic mass is 32.2. The molecule has 14 heavy (non-hydrogen) atoms. The normalized spacial score (nSPS) is 9.86. The first-order chi connectivity index (χ1) is 6.63. The lowest BCUT2D eigenvalue weighted by Crippen LogP contribution is -2.07. The van der Waals surface area contributed by atoms with E-state index in [0.29, 0.717) is 4.34 Å². The molecule has 0 aliphatic carbocycles. The van der Waals surface area contributed by atoms with E-state index >= 15 is 0 Å². The van der Waals surface area contributed by atoms with E-state index in [4.69, 9.17) is 4.74 Å². The Hall–Kier alpha value is -0.810. The number of thiazole rings is 1. The van der Waals surface area contributed by atoms with Crippen molar-refractivity contribution in [1.29, 1.82) is 0 Å². The summed E-state index contributed by atoms with van der Waals surface area (Å²) in [4.78, 5) is 16.2. The number of hydrogen-bond acceptors (Lipinski definition) is 5. The van der Waals surface area contributed by atoms with Gasteiger partial charge in [-0.25, -0.2) is 4.98 Å². The summed E-state index contributed by atoms with van der Waals surface area (Å²) in [6, 6.07) is 0. The highest BCUT2D eigenvalue weighted by Crippen LogP contribution is 2.21. The molecule has 0 aromatic carbocycles. The molecule has 0 spiro atoms. The van der Waals surface area contributed by atoms with E-state index < -0.39 is 0 Å². The summed E-state index contributed by atoms with van der Waals surface area (Å²) in [5.74, 6) is -0.259. The Morgan fingerprint density at radius 3 is 3.00 bits per heavy atom. The lowest BCUT2D eigenvalue weighted by molar-refractivity contribution is -0.141. The molecule has 1 aromatic rings. The van der Waals surface area contributed by atoms with Crippen LogP contribution in [0.4, 0.5) is 0 Å². The van der Waals surface area contributed by atoms with Crippen LogP contribution in [0.1, 0.15) is 10.6 Å². The van der Waals surface area contributed by atoms with E-state index in [0.717, 1.165) is 10.6 Å². The van der Waals surface area contributed by atoms with E-state index in [1.807, 2.05) is 6.92 Å². The van der Waals surface area contributed by atoms with Gasteiger partial charge in [0.25, 0.3) is 0 Å². The molecule has 1 heterocycles. The van der Waals surface area contributed by atoms with E-state index in [1.54, 1.807) is 6.08 Å². The number of rotatable bonds is 4. The van der Waals surface area contributed by atoms with Gasteiger partial charge in [-0.15, -0.1) is 24.0 Å². The van der Waals surface area contributed by atoms with Gasteiger partial charge in [0.2, 0.25) is 0 Å². The molecule has 3 nitrogen and oxygen atoms in total. The summed E-state index contributed by atoms with van der Waals surface area (Å²) >= 11 is 5.51. The Labute approximate surface area is 92.2 Å². The zero-order valence-corrected chi connectivity index (χ0v) is 9.53. The average molecular weight is 229 g/mol. The van der Waals surface area contributed by atoms with Gasteiger partial charge in [0.15, 0.2) is 0 Å². The number of nitrogens with zero attached hydrogens (tertiary/aromatic N) is 1. The number of ether oxygens (including phenoxy) is 1. The minimum Gasteiger partial charge on any atom is -0.461 e. The zero-order chi connectivity index (χ0) is 10.6. The minimum absolute atomic E-state index is 0.254. The Kier molecular flexibility index (Phi) is 4.16. The first-order valence-electron chi connectivity index (χ1n) is 4.05. The third-order valence-electron chi connectivity index (χ3n) is 1.55. The molecule has 1 rings (SSSR count). The minimum atomic E-state index is -0.259. The number of esters is 1. The largest absolute Gasteiger partial charge is 0.461 e. The number of carbonyl (C=O) groups is 1. The molecule has 0 aliphatic heterocycles. The predicted molar refractivity (Wildman–Crippen MR) is 59.0 cm³/mol. The number of aryl methyl sites for hydroxylation is 1. The summed E-state index contributed by atoms with van der Waals surface area (Å²) in [6.45, 7) is 5.57. The first kappa shape index (κ1) is 11.3. The summed E-state index contributed by atoms with van der Waals surface area (Å²) < 4.78 is 5.53. The number of hydrogen-bond donors (Lipinski definition) is 1. The fraction of sp³-hybridized carbons (Fsp3) is 0.333. The van der Waals surface area contributed by atoms with Crippen molar-refractivity contribution in [3.8, 4) is 0 Å². The predicted octanol–water partition coefficient (Wildman–Crippen LogP) is 2.01. The molecule has 0 saturated carbocycles. The summed E-state index contributed by atoms with van der Waals surface area (Å²) in [7, 11) is 0. The van der Waals surface area contributed by atoms with Crippen molar-refractivity contribution in [1.82, 2.24) is 4.98 Å². The number of carbonyl (C=O) groups excluding carboxylic acids is 1. The molecule has 1 aromatic heterocycles. The quantitative estimate of drug-likeness (QED) is 0.487. The third kappa shape index (κ3) is 3.16. The van der Waals surface area contributed by atoms with Gasteiger partial charge in [-0.2, -0.15) is 0 Å². The Morgan fingerprint density at radius 1 is 1.79 bits per heavy atom. The molecule has 0 saturated heterocycles. The van der Waals surface area contributed by atoms with Crippen molar-refractivity contribution >= 4 is 29.9 Å². The Morgan fingerprint density at radius 2 is 2.50 bits per heavy atom. The van der Waals surface area contributed by atoms with Gasteiger partial charge in [0.05, 0.1) is 12.1 Å². The molecular weight excluding hydrogens is 218 g/mol. The van der Waals surface area contributed by atoms with Crippen LogP contribution in [0.25, 0.3) is 0 Å². The molecule has 0 unspecified atom stereocenters. The van der Waals surface area contributed by atoms with E-state index in [-0.39, 0.29) is 19.0 Å². The van der Waals surface area contributed by atoms with Gasteiger partial charge in [-0.05, 0) is 6.92 Å². The second-order valence-corrected chi connectivity index (χ2v) is 4.46. The average Bonchev–Trinajstić information content (AvgIpc) is 2.42. The van der Waals surface area contributed by atoms with Crippen LogP contribution in [0.15, 0.2) is 17.0 Å². The van der Waals surface area contributed by atoms with Crippen LogP contribution in [0.5, 0.6) is 0 Å². The fourth-order valence-corrected chi connectivity index (χ4v) is 2.18. The van der Waals surface area contributed by atoms with E-state index in [9.17, 15) is 4.79 Å². The van der Waals surface area contributed by atoms with Crippen molar-refractivity contribution in [2.45, 2.75) is 17.7 Å². The van der Waals surface area contributed by atoms with Crippen molar-refractivity contribution in [3.05, 3.63) is 23.2 Å². The summed E-state index contributed by atoms with van der Waals surface area (Å²) in [6.07, 6.45) is 1.80. The van der Waals surface area contributed by atoms with Crippen molar-refractivity contribution < 1.29 is 9.53 Å². The maximum Gasteiger partial charge on any atom is 0.311 e. The van der Waals surface area contributed by atoms with Crippen LogP contribution < -0.4 is 0 Å². The standard InChI is InChI=1S/C9H11NO2S2/c1-3-4-12-8(11)5-7-6(2)10-9(13)14-7/h3H,1,4-5H2,2H3,(H,10,13). The van der Waals surface area contributed by atoms with Crippen LogP contribution in [0, 0.1) is 6.92 Å². The number of thiol groups is 1. The van der Waals surface area contributed by atoms with Gasteiger partial charge in [-0.1, -0.05) is 12.7 Å². The van der Waals surface area contributed by atoms with Gasteiger partial charge in [0.1, 0.15) is 10.9 Å². The van der Waals surface area contributed by atoms with Crippen LogP contribution in [-0.4, -0.2) is 17.6 Å². The van der Waals surface area contributed by atoms with Crippen molar-refractivity contribution in [2.24, 2.45) is 0 Å². The SMILES string of the molecule is C=CCOC(=O)Cc1sc(S)nc1C. The molecule has 0 atom stereocenters. The molecule has 0 bridgehead atoms. The van der Waals surface area contributed by atoms with Crippen LogP contribution in [-0.2, 0) is 16.0 Å². The Bertz CT molecular complexity index is 347. The first-order valence-corrected chi connectivity index (χ1v) is 5.31. The molecule has 0 amide bonds. The third-order valence-corrected chi connectivity index (χ3v) is 2.88. The molecule has 0 radical (unpaired) electrons.